The number of rotatable bonds is 2. The normalized spacial score (nSPS) is 43.5. The van der Waals surface area contributed by atoms with Crippen molar-refractivity contribution in [3.8, 4) is 0 Å². The zero-order valence-corrected chi connectivity index (χ0v) is 16.6. The van der Waals surface area contributed by atoms with Crippen LogP contribution in [-0.4, -0.2) is 11.6 Å². The molecule has 1 nitrogen and oxygen atoms in total. The van der Waals surface area contributed by atoms with Crippen LogP contribution in [0.5, 0.6) is 0 Å². The van der Waals surface area contributed by atoms with Crippen molar-refractivity contribution in [3.63, 3.8) is 0 Å². The van der Waals surface area contributed by atoms with Gasteiger partial charge in [0.25, 0.3) is 0 Å². The number of allylic oxidation sites excluding steroid dienone is 4. The first-order valence-electron chi connectivity index (χ1n) is 10.3. The average molecular weight is 338 g/mol. The van der Waals surface area contributed by atoms with Crippen molar-refractivity contribution in [2.75, 3.05) is 0 Å². The first-order chi connectivity index (χ1) is 11.8. The summed E-state index contributed by atoms with van der Waals surface area (Å²) in [7, 11) is 0. The first-order valence-corrected chi connectivity index (χ1v) is 10.3. The third-order valence-corrected chi connectivity index (χ3v) is 7.84. The number of hydrogen-bond donors (Lipinski definition) is 1. The van der Waals surface area contributed by atoms with E-state index in [1.807, 2.05) is 0 Å². The quantitative estimate of drug-likeness (QED) is 0.600. The van der Waals surface area contributed by atoms with Crippen molar-refractivity contribution in [1.82, 2.24) is 5.32 Å². The van der Waals surface area contributed by atoms with E-state index in [9.17, 15) is 0 Å². The Kier molecular flexibility index (Phi) is 4.15. The smallest absolute Gasteiger partial charge is 0.0473 e. The van der Waals surface area contributed by atoms with Gasteiger partial charge in [0.2, 0.25) is 0 Å². The van der Waals surface area contributed by atoms with E-state index in [0.717, 1.165) is 5.92 Å². The highest BCUT2D eigenvalue weighted by Gasteiger charge is 2.44. The van der Waals surface area contributed by atoms with E-state index in [2.05, 4.69) is 57.8 Å². The van der Waals surface area contributed by atoms with E-state index < -0.39 is 0 Å². The molecule has 0 radical (unpaired) electrons. The standard InChI is InChI=1S/C24H35N/c1-16(2)18-10-12-23(4)15-19(13-17(3)21(23)14-18)22-9-8-20-7-6-11-24(20,5)25-22/h8-9,13,18,20,22,25H,1,6-7,10-12,14-15H2,2-5H3. The van der Waals surface area contributed by atoms with Gasteiger partial charge < -0.3 is 5.32 Å². The van der Waals surface area contributed by atoms with Gasteiger partial charge in [-0.3, -0.25) is 0 Å². The summed E-state index contributed by atoms with van der Waals surface area (Å²) >= 11 is 0. The number of hydrogen-bond acceptors (Lipinski definition) is 1. The fourth-order valence-corrected chi connectivity index (χ4v) is 6.10. The van der Waals surface area contributed by atoms with Crippen molar-refractivity contribution in [3.05, 3.63) is 47.1 Å². The first kappa shape index (κ1) is 17.3. The Morgan fingerprint density at radius 1 is 1.20 bits per heavy atom. The summed E-state index contributed by atoms with van der Waals surface area (Å²) in [6.45, 7) is 13.7. The second-order valence-electron chi connectivity index (χ2n) is 9.83. The Morgan fingerprint density at radius 3 is 2.76 bits per heavy atom. The molecule has 4 aliphatic rings. The van der Waals surface area contributed by atoms with Crippen LogP contribution in [0.25, 0.3) is 0 Å². The van der Waals surface area contributed by atoms with Crippen LogP contribution in [0.1, 0.15) is 72.6 Å². The van der Waals surface area contributed by atoms with Crippen molar-refractivity contribution >= 4 is 0 Å². The van der Waals surface area contributed by atoms with Crippen molar-refractivity contribution in [2.45, 2.75) is 84.2 Å². The molecule has 0 spiro atoms. The minimum Gasteiger partial charge on any atom is -0.301 e. The van der Waals surface area contributed by atoms with Crippen molar-refractivity contribution < 1.29 is 0 Å². The van der Waals surface area contributed by atoms with Crippen molar-refractivity contribution in [1.29, 1.82) is 0 Å². The third-order valence-electron chi connectivity index (χ3n) is 7.84. The number of nitrogens with one attached hydrogen (secondary N) is 1. The van der Waals surface area contributed by atoms with Crippen LogP contribution in [0.3, 0.4) is 0 Å². The van der Waals surface area contributed by atoms with E-state index in [4.69, 9.17) is 0 Å². The van der Waals surface area contributed by atoms with Gasteiger partial charge in [0.1, 0.15) is 0 Å². The zero-order valence-electron chi connectivity index (χ0n) is 16.6. The predicted octanol–water partition coefficient (Wildman–Crippen LogP) is 6.10. The van der Waals surface area contributed by atoms with Gasteiger partial charge in [-0.1, -0.05) is 54.9 Å². The third kappa shape index (κ3) is 2.89. The van der Waals surface area contributed by atoms with Crippen LogP contribution < -0.4 is 5.32 Å². The molecular weight excluding hydrogens is 302 g/mol. The zero-order chi connectivity index (χ0) is 17.8. The molecule has 0 aromatic rings. The van der Waals surface area contributed by atoms with Gasteiger partial charge in [0.05, 0.1) is 0 Å². The van der Waals surface area contributed by atoms with Gasteiger partial charge in [-0.15, -0.1) is 0 Å². The molecule has 136 valence electrons. The molecule has 1 aliphatic heterocycles. The van der Waals surface area contributed by atoms with Crippen LogP contribution in [0.15, 0.2) is 47.1 Å². The molecule has 2 saturated carbocycles. The minimum atomic E-state index is 0.316. The molecule has 5 unspecified atom stereocenters. The van der Waals surface area contributed by atoms with Crippen LogP contribution in [0, 0.1) is 17.3 Å². The number of fused-ring (bicyclic) bond motifs is 2. The van der Waals surface area contributed by atoms with E-state index >= 15 is 0 Å². The Bertz CT molecular complexity index is 678. The summed E-state index contributed by atoms with van der Waals surface area (Å²) in [4.78, 5) is 0. The largest absolute Gasteiger partial charge is 0.301 e. The molecule has 5 atom stereocenters. The molecule has 1 N–H and O–H groups in total. The van der Waals surface area contributed by atoms with E-state index in [1.54, 1.807) is 11.1 Å². The molecule has 4 rings (SSSR count). The van der Waals surface area contributed by atoms with Gasteiger partial charge in [-0.2, -0.15) is 0 Å². The molecule has 0 bridgehead atoms. The van der Waals surface area contributed by atoms with Gasteiger partial charge in [0.15, 0.2) is 0 Å². The van der Waals surface area contributed by atoms with Gasteiger partial charge in [0, 0.05) is 11.6 Å². The fraction of sp³-hybridized carbons (Fsp3) is 0.667. The minimum absolute atomic E-state index is 0.316. The lowest BCUT2D eigenvalue weighted by molar-refractivity contribution is 0.242. The predicted molar refractivity (Wildman–Crippen MR) is 107 cm³/mol. The molecule has 25 heavy (non-hydrogen) atoms. The van der Waals surface area contributed by atoms with E-state index in [0.29, 0.717) is 22.9 Å². The summed E-state index contributed by atoms with van der Waals surface area (Å²) in [5.41, 5.74) is 6.90. The maximum atomic E-state index is 4.23. The Balaban J connectivity index is 1.62. The van der Waals surface area contributed by atoms with Crippen LogP contribution in [0.4, 0.5) is 0 Å². The second kappa shape index (κ2) is 5.98. The lowest BCUT2D eigenvalue weighted by atomic mass is 9.60. The summed E-state index contributed by atoms with van der Waals surface area (Å²) in [6.07, 6.45) is 16.6. The topological polar surface area (TPSA) is 12.0 Å². The average Bonchev–Trinajstić information content (AvgIpc) is 2.94. The van der Waals surface area contributed by atoms with Crippen LogP contribution in [0.2, 0.25) is 0 Å². The summed E-state index contributed by atoms with van der Waals surface area (Å²) in [5, 5.41) is 4.03. The Hall–Kier alpha value is -1.08. The van der Waals surface area contributed by atoms with Gasteiger partial charge in [-0.05, 0) is 82.1 Å². The monoisotopic (exact) mass is 337 g/mol. The fourth-order valence-electron chi connectivity index (χ4n) is 6.10. The lowest BCUT2D eigenvalue weighted by Crippen LogP contribution is -2.53. The molecule has 0 saturated heterocycles. The van der Waals surface area contributed by atoms with Crippen LogP contribution >= 0.6 is 0 Å². The maximum Gasteiger partial charge on any atom is 0.0473 e. The second-order valence-corrected chi connectivity index (χ2v) is 9.83. The van der Waals surface area contributed by atoms with Gasteiger partial charge >= 0.3 is 0 Å². The lowest BCUT2D eigenvalue weighted by Gasteiger charge is -2.47. The summed E-state index contributed by atoms with van der Waals surface area (Å²) in [5.74, 6) is 1.43. The van der Waals surface area contributed by atoms with E-state index in [-0.39, 0.29) is 0 Å². The van der Waals surface area contributed by atoms with Gasteiger partial charge in [-0.25, -0.2) is 0 Å². The highest BCUT2D eigenvalue weighted by Crippen LogP contribution is 2.53. The van der Waals surface area contributed by atoms with Crippen molar-refractivity contribution in [2.24, 2.45) is 17.3 Å². The summed E-state index contributed by atoms with van der Waals surface area (Å²) < 4.78 is 0. The molecule has 0 amide bonds. The molecular formula is C24H35N. The highest BCUT2D eigenvalue weighted by molar-refractivity contribution is 5.43. The molecule has 1 heterocycles. The highest BCUT2D eigenvalue weighted by atomic mass is 15.0. The SMILES string of the molecule is C=C(C)C1CCC2(C)CC(C3C=CC4CCCC4(C)N3)=CC(C)=C2C1. The summed E-state index contributed by atoms with van der Waals surface area (Å²) in [6, 6.07) is 0.437. The molecule has 0 aromatic heterocycles. The van der Waals surface area contributed by atoms with Crippen LogP contribution in [-0.2, 0) is 0 Å². The Morgan fingerprint density at radius 2 is 2.00 bits per heavy atom. The molecule has 0 aromatic carbocycles. The van der Waals surface area contributed by atoms with E-state index in [1.165, 1.54) is 56.1 Å². The maximum absolute atomic E-state index is 4.23. The Labute approximate surface area is 154 Å². The molecule has 1 heteroatoms. The molecule has 3 aliphatic carbocycles. The molecule has 2 fully saturated rings.